The van der Waals surface area contributed by atoms with Crippen molar-refractivity contribution in [1.82, 2.24) is 0 Å². The zero-order chi connectivity index (χ0) is 13.2. The molecule has 0 radical (unpaired) electrons. The molecule has 2 rings (SSSR count). The van der Waals surface area contributed by atoms with Crippen LogP contribution in [0, 0.1) is 0 Å². The molecular formula is C14H18Cl2O2. The normalized spacial score (nSPS) is 21.3. The maximum Gasteiger partial charge on any atom is 0.109 e. The molecule has 0 bridgehead atoms. The molecule has 1 saturated carbocycles. The molecule has 0 aliphatic heterocycles. The molecule has 1 aliphatic rings. The third kappa shape index (κ3) is 3.00. The summed E-state index contributed by atoms with van der Waals surface area (Å²) >= 11 is 12.0. The van der Waals surface area contributed by atoms with Crippen LogP contribution in [0.1, 0.15) is 50.2 Å². The monoisotopic (exact) mass is 288 g/mol. The lowest BCUT2D eigenvalue weighted by molar-refractivity contribution is -0.0866. The van der Waals surface area contributed by atoms with E-state index in [1.807, 2.05) is 0 Å². The first-order valence-electron chi connectivity index (χ1n) is 6.38. The van der Waals surface area contributed by atoms with Gasteiger partial charge < -0.3 is 10.2 Å². The summed E-state index contributed by atoms with van der Waals surface area (Å²) in [4.78, 5) is 0. The molecule has 1 aliphatic carbocycles. The first-order chi connectivity index (χ1) is 8.53. The van der Waals surface area contributed by atoms with E-state index >= 15 is 0 Å². The average Bonchev–Trinajstić information content (AvgIpc) is 2.57. The van der Waals surface area contributed by atoms with E-state index < -0.39 is 11.7 Å². The van der Waals surface area contributed by atoms with Gasteiger partial charge in [0.25, 0.3) is 0 Å². The molecule has 1 fully saturated rings. The lowest BCUT2D eigenvalue weighted by Crippen LogP contribution is -2.35. The summed E-state index contributed by atoms with van der Waals surface area (Å²) in [6.07, 6.45) is 4.34. The van der Waals surface area contributed by atoms with Gasteiger partial charge in [-0.05, 0) is 31.0 Å². The largest absolute Gasteiger partial charge is 0.387 e. The Morgan fingerprint density at radius 3 is 2.28 bits per heavy atom. The van der Waals surface area contributed by atoms with E-state index in [2.05, 4.69) is 0 Å². The zero-order valence-corrected chi connectivity index (χ0v) is 11.7. The van der Waals surface area contributed by atoms with Crippen molar-refractivity contribution in [3.63, 3.8) is 0 Å². The molecule has 0 saturated heterocycles. The van der Waals surface area contributed by atoms with Gasteiger partial charge in [0.2, 0.25) is 0 Å². The number of hydrogen-bond donors (Lipinski definition) is 2. The summed E-state index contributed by atoms with van der Waals surface area (Å²) in [5, 5.41) is 22.0. The molecule has 0 aromatic heterocycles. The molecule has 2 nitrogen and oxygen atoms in total. The lowest BCUT2D eigenvalue weighted by atomic mass is 9.84. The number of rotatable bonds is 2. The van der Waals surface area contributed by atoms with Crippen molar-refractivity contribution < 1.29 is 10.2 Å². The van der Waals surface area contributed by atoms with Gasteiger partial charge in [0.05, 0.1) is 5.60 Å². The second-order valence-electron chi connectivity index (χ2n) is 5.09. The van der Waals surface area contributed by atoms with Gasteiger partial charge in [-0.3, -0.25) is 0 Å². The van der Waals surface area contributed by atoms with Gasteiger partial charge in [-0.15, -0.1) is 0 Å². The van der Waals surface area contributed by atoms with Gasteiger partial charge in [-0.2, -0.15) is 0 Å². The first kappa shape index (κ1) is 14.1. The van der Waals surface area contributed by atoms with Crippen LogP contribution in [0.4, 0.5) is 0 Å². The number of hydrogen-bond acceptors (Lipinski definition) is 2. The van der Waals surface area contributed by atoms with Gasteiger partial charge in [0.1, 0.15) is 6.10 Å². The van der Waals surface area contributed by atoms with E-state index in [4.69, 9.17) is 23.2 Å². The Kier molecular flexibility index (Phi) is 4.54. The summed E-state index contributed by atoms with van der Waals surface area (Å²) in [7, 11) is 0. The van der Waals surface area contributed by atoms with E-state index in [-0.39, 0.29) is 0 Å². The lowest BCUT2D eigenvalue weighted by Gasteiger charge is -2.32. The maximum absolute atomic E-state index is 10.6. The summed E-state index contributed by atoms with van der Waals surface area (Å²) in [6.45, 7) is 0. The summed E-state index contributed by atoms with van der Waals surface area (Å²) in [5.74, 6) is 0. The van der Waals surface area contributed by atoms with Gasteiger partial charge in [-0.1, -0.05) is 48.9 Å². The fourth-order valence-corrected chi connectivity index (χ4v) is 3.03. The average molecular weight is 289 g/mol. The fraction of sp³-hybridized carbons (Fsp3) is 0.571. The zero-order valence-electron chi connectivity index (χ0n) is 10.2. The molecule has 0 heterocycles. The van der Waals surface area contributed by atoms with Crippen LogP contribution in [0.2, 0.25) is 10.0 Å². The van der Waals surface area contributed by atoms with E-state index in [9.17, 15) is 10.2 Å². The predicted molar refractivity (Wildman–Crippen MR) is 74.1 cm³/mol. The second kappa shape index (κ2) is 5.79. The van der Waals surface area contributed by atoms with Gasteiger partial charge >= 0.3 is 0 Å². The van der Waals surface area contributed by atoms with Crippen molar-refractivity contribution in [2.45, 2.75) is 50.2 Å². The van der Waals surface area contributed by atoms with E-state index in [1.165, 1.54) is 0 Å². The molecule has 18 heavy (non-hydrogen) atoms. The van der Waals surface area contributed by atoms with Crippen LogP contribution in [-0.4, -0.2) is 15.8 Å². The summed E-state index contributed by atoms with van der Waals surface area (Å²) in [6, 6.07) is 4.97. The Morgan fingerprint density at radius 2 is 1.67 bits per heavy atom. The minimum atomic E-state index is -1.08. The molecule has 0 spiro atoms. The Morgan fingerprint density at radius 1 is 1.06 bits per heavy atom. The topological polar surface area (TPSA) is 40.5 Å². The molecule has 0 amide bonds. The fourth-order valence-electron chi connectivity index (χ4n) is 2.63. The highest BCUT2D eigenvalue weighted by Crippen LogP contribution is 2.40. The van der Waals surface area contributed by atoms with Crippen LogP contribution in [-0.2, 0) is 0 Å². The highest BCUT2D eigenvalue weighted by Gasteiger charge is 2.37. The predicted octanol–water partition coefficient (Wildman–Crippen LogP) is 4.11. The SMILES string of the molecule is OC(c1cc(Cl)ccc1Cl)C1(O)CCCCCC1. The van der Waals surface area contributed by atoms with Crippen LogP contribution < -0.4 is 0 Å². The summed E-state index contributed by atoms with van der Waals surface area (Å²) in [5.41, 5.74) is -0.557. The molecule has 4 heteroatoms. The second-order valence-corrected chi connectivity index (χ2v) is 5.93. The Labute approximate surface area is 118 Å². The number of aliphatic hydroxyl groups is 2. The van der Waals surface area contributed by atoms with Crippen LogP contribution in [0.3, 0.4) is 0 Å². The third-order valence-electron chi connectivity index (χ3n) is 3.73. The molecule has 1 aromatic carbocycles. The van der Waals surface area contributed by atoms with Gasteiger partial charge in [-0.25, -0.2) is 0 Å². The highest BCUT2D eigenvalue weighted by atomic mass is 35.5. The minimum Gasteiger partial charge on any atom is -0.387 e. The van der Waals surface area contributed by atoms with Crippen molar-refractivity contribution in [3.05, 3.63) is 33.8 Å². The number of halogens is 2. The van der Waals surface area contributed by atoms with Crippen molar-refractivity contribution in [1.29, 1.82) is 0 Å². The van der Waals surface area contributed by atoms with Crippen molar-refractivity contribution >= 4 is 23.2 Å². The van der Waals surface area contributed by atoms with Crippen LogP contribution in [0.5, 0.6) is 0 Å². The highest BCUT2D eigenvalue weighted by molar-refractivity contribution is 6.33. The van der Waals surface area contributed by atoms with Crippen LogP contribution in [0.25, 0.3) is 0 Å². The van der Waals surface area contributed by atoms with Crippen LogP contribution in [0.15, 0.2) is 18.2 Å². The first-order valence-corrected chi connectivity index (χ1v) is 7.14. The van der Waals surface area contributed by atoms with Crippen molar-refractivity contribution in [3.8, 4) is 0 Å². The van der Waals surface area contributed by atoms with E-state index in [1.54, 1.807) is 18.2 Å². The Balaban J connectivity index is 2.28. The van der Waals surface area contributed by atoms with Gasteiger partial charge in [0.15, 0.2) is 0 Å². The standard InChI is InChI=1S/C14H18Cl2O2/c15-10-5-6-12(16)11(9-10)13(17)14(18)7-3-1-2-4-8-14/h5-6,9,13,17-18H,1-4,7-8H2. The minimum absolute atomic E-state index is 0.449. The van der Waals surface area contributed by atoms with Crippen molar-refractivity contribution in [2.75, 3.05) is 0 Å². The maximum atomic E-state index is 10.6. The molecule has 1 atom stereocenters. The quantitative estimate of drug-likeness (QED) is 0.804. The van der Waals surface area contributed by atoms with Gasteiger partial charge in [0, 0.05) is 15.6 Å². The molecular weight excluding hydrogens is 271 g/mol. The Bertz CT molecular complexity index is 412. The molecule has 2 N–H and O–H groups in total. The van der Waals surface area contributed by atoms with Crippen LogP contribution >= 0.6 is 23.2 Å². The number of aliphatic hydroxyl groups excluding tert-OH is 1. The summed E-state index contributed by atoms with van der Waals surface area (Å²) < 4.78 is 0. The third-order valence-corrected chi connectivity index (χ3v) is 4.31. The van der Waals surface area contributed by atoms with E-state index in [0.29, 0.717) is 28.5 Å². The van der Waals surface area contributed by atoms with Crippen molar-refractivity contribution in [2.24, 2.45) is 0 Å². The molecule has 1 unspecified atom stereocenters. The molecule has 1 aromatic rings. The Hall–Kier alpha value is -0.280. The van der Waals surface area contributed by atoms with E-state index in [0.717, 1.165) is 25.7 Å². The number of benzene rings is 1. The smallest absolute Gasteiger partial charge is 0.109 e. The molecule has 100 valence electrons.